The highest BCUT2D eigenvalue weighted by molar-refractivity contribution is 7.99. The first-order valence-corrected chi connectivity index (χ1v) is 10.4. The van der Waals surface area contributed by atoms with Crippen LogP contribution in [-0.2, 0) is 6.54 Å². The SMILES string of the molecule is CCSc1ccccc1C(=O)N1CCN(Cc2nc3ccccc3[nH]2)CC1. The monoisotopic (exact) mass is 380 g/mol. The molecule has 4 rings (SSSR count). The highest BCUT2D eigenvalue weighted by Crippen LogP contribution is 2.24. The summed E-state index contributed by atoms with van der Waals surface area (Å²) in [7, 11) is 0. The molecule has 140 valence electrons. The van der Waals surface area contributed by atoms with E-state index in [2.05, 4.69) is 21.8 Å². The van der Waals surface area contributed by atoms with Crippen LogP contribution in [0.1, 0.15) is 23.1 Å². The molecule has 6 heteroatoms. The van der Waals surface area contributed by atoms with E-state index in [9.17, 15) is 4.79 Å². The van der Waals surface area contributed by atoms with Gasteiger partial charge in [-0.05, 0) is 30.0 Å². The summed E-state index contributed by atoms with van der Waals surface area (Å²) in [4.78, 5) is 26.4. The number of H-pyrrole nitrogens is 1. The van der Waals surface area contributed by atoms with Gasteiger partial charge in [0.25, 0.3) is 5.91 Å². The zero-order valence-electron chi connectivity index (χ0n) is 15.5. The molecule has 0 unspecified atom stereocenters. The van der Waals surface area contributed by atoms with E-state index in [0.717, 1.165) is 65.8 Å². The largest absolute Gasteiger partial charge is 0.341 e. The van der Waals surface area contributed by atoms with Crippen LogP contribution in [0.15, 0.2) is 53.4 Å². The van der Waals surface area contributed by atoms with E-state index < -0.39 is 0 Å². The van der Waals surface area contributed by atoms with Gasteiger partial charge >= 0.3 is 0 Å². The van der Waals surface area contributed by atoms with Gasteiger partial charge in [-0.3, -0.25) is 9.69 Å². The second-order valence-corrected chi connectivity index (χ2v) is 8.00. The Bertz CT molecular complexity index is 898. The Balaban J connectivity index is 1.38. The van der Waals surface area contributed by atoms with E-state index in [1.807, 2.05) is 53.4 Å². The van der Waals surface area contributed by atoms with Crippen molar-refractivity contribution in [3.05, 3.63) is 59.9 Å². The van der Waals surface area contributed by atoms with Gasteiger partial charge in [-0.2, -0.15) is 0 Å². The zero-order valence-corrected chi connectivity index (χ0v) is 16.3. The molecule has 0 spiro atoms. The number of aromatic amines is 1. The molecule has 1 N–H and O–H groups in total. The van der Waals surface area contributed by atoms with Crippen LogP contribution in [-0.4, -0.2) is 57.6 Å². The van der Waals surface area contributed by atoms with Gasteiger partial charge in [-0.25, -0.2) is 4.98 Å². The first-order valence-electron chi connectivity index (χ1n) is 9.41. The fourth-order valence-electron chi connectivity index (χ4n) is 3.50. The summed E-state index contributed by atoms with van der Waals surface area (Å²) in [5, 5.41) is 0. The second kappa shape index (κ2) is 8.15. The van der Waals surface area contributed by atoms with E-state index in [-0.39, 0.29) is 5.91 Å². The van der Waals surface area contributed by atoms with Gasteiger partial charge in [-0.15, -0.1) is 11.8 Å². The maximum atomic E-state index is 13.0. The lowest BCUT2D eigenvalue weighted by molar-refractivity contribution is 0.0622. The molecule has 0 saturated carbocycles. The van der Waals surface area contributed by atoms with Gasteiger partial charge < -0.3 is 9.88 Å². The molecular weight excluding hydrogens is 356 g/mol. The van der Waals surface area contributed by atoms with E-state index in [1.165, 1.54) is 0 Å². The van der Waals surface area contributed by atoms with Crippen molar-refractivity contribution in [1.82, 2.24) is 19.8 Å². The molecule has 0 atom stereocenters. The summed E-state index contributed by atoms with van der Waals surface area (Å²) in [6, 6.07) is 16.0. The summed E-state index contributed by atoms with van der Waals surface area (Å²) in [6.45, 7) is 6.15. The Labute approximate surface area is 163 Å². The van der Waals surface area contributed by atoms with Crippen LogP contribution < -0.4 is 0 Å². The Morgan fingerprint density at radius 1 is 1.07 bits per heavy atom. The molecule has 1 saturated heterocycles. The second-order valence-electron chi connectivity index (χ2n) is 6.70. The van der Waals surface area contributed by atoms with E-state index in [4.69, 9.17) is 0 Å². The summed E-state index contributed by atoms with van der Waals surface area (Å²) in [5.74, 6) is 2.10. The molecular formula is C21H24N4OS. The van der Waals surface area contributed by atoms with Crippen LogP contribution in [0.5, 0.6) is 0 Å². The number of hydrogen-bond acceptors (Lipinski definition) is 4. The average Bonchev–Trinajstić information content (AvgIpc) is 3.11. The number of carbonyl (C=O) groups excluding carboxylic acids is 1. The van der Waals surface area contributed by atoms with Crippen molar-refractivity contribution >= 4 is 28.7 Å². The predicted molar refractivity (Wildman–Crippen MR) is 110 cm³/mol. The minimum absolute atomic E-state index is 0.148. The van der Waals surface area contributed by atoms with Gasteiger partial charge in [-0.1, -0.05) is 31.2 Å². The minimum Gasteiger partial charge on any atom is -0.341 e. The number of carbonyl (C=O) groups is 1. The number of nitrogens with one attached hydrogen (secondary N) is 1. The fourth-order valence-corrected chi connectivity index (χ4v) is 4.29. The molecule has 0 bridgehead atoms. The Kier molecular flexibility index (Phi) is 5.45. The molecule has 3 aromatic rings. The number of imidazole rings is 1. The highest BCUT2D eigenvalue weighted by Gasteiger charge is 2.24. The Hall–Kier alpha value is -2.31. The number of thioether (sulfide) groups is 1. The van der Waals surface area contributed by atoms with Crippen molar-refractivity contribution in [3.8, 4) is 0 Å². The summed E-state index contributed by atoms with van der Waals surface area (Å²) in [6.07, 6.45) is 0. The molecule has 1 fully saturated rings. The quantitative estimate of drug-likeness (QED) is 0.687. The van der Waals surface area contributed by atoms with Gasteiger partial charge in [0.2, 0.25) is 0 Å². The Morgan fingerprint density at radius 2 is 1.81 bits per heavy atom. The van der Waals surface area contributed by atoms with Crippen LogP contribution in [0.2, 0.25) is 0 Å². The molecule has 0 radical (unpaired) electrons. The smallest absolute Gasteiger partial charge is 0.255 e. The molecule has 5 nitrogen and oxygen atoms in total. The van der Waals surface area contributed by atoms with Crippen LogP contribution in [0.25, 0.3) is 11.0 Å². The normalized spacial score (nSPS) is 15.4. The van der Waals surface area contributed by atoms with Crippen molar-refractivity contribution in [2.24, 2.45) is 0 Å². The summed E-state index contributed by atoms with van der Waals surface area (Å²) >= 11 is 1.73. The maximum Gasteiger partial charge on any atom is 0.255 e. The van der Waals surface area contributed by atoms with Crippen LogP contribution in [0, 0.1) is 0 Å². The standard InChI is InChI=1S/C21H24N4OS/c1-2-27-19-10-6-3-7-16(19)21(26)25-13-11-24(12-14-25)15-20-22-17-8-4-5-9-18(17)23-20/h3-10H,2,11-15H2,1H3,(H,22,23). The molecule has 1 aromatic heterocycles. The van der Waals surface area contributed by atoms with Gasteiger partial charge in [0.05, 0.1) is 23.1 Å². The van der Waals surface area contributed by atoms with Crippen molar-refractivity contribution < 1.29 is 4.79 Å². The van der Waals surface area contributed by atoms with E-state index >= 15 is 0 Å². The molecule has 1 aliphatic rings. The number of piperazine rings is 1. The number of hydrogen-bond donors (Lipinski definition) is 1. The lowest BCUT2D eigenvalue weighted by Crippen LogP contribution is -2.48. The number of benzene rings is 2. The van der Waals surface area contributed by atoms with Crippen molar-refractivity contribution in [1.29, 1.82) is 0 Å². The lowest BCUT2D eigenvalue weighted by Gasteiger charge is -2.34. The van der Waals surface area contributed by atoms with Crippen LogP contribution in [0.4, 0.5) is 0 Å². The van der Waals surface area contributed by atoms with Crippen LogP contribution >= 0.6 is 11.8 Å². The van der Waals surface area contributed by atoms with Crippen molar-refractivity contribution in [2.75, 3.05) is 31.9 Å². The maximum absolute atomic E-state index is 13.0. The number of amides is 1. The third-order valence-electron chi connectivity index (χ3n) is 4.89. The third kappa shape index (κ3) is 4.01. The minimum atomic E-state index is 0.148. The Morgan fingerprint density at radius 3 is 2.59 bits per heavy atom. The number of rotatable bonds is 5. The van der Waals surface area contributed by atoms with Gasteiger partial charge in [0.15, 0.2) is 0 Å². The molecule has 27 heavy (non-hydrogen) atoms. The average molecular weight is 381 g/mol. The highest BCUT2D eigenvalue weighted by atomic mass is 32.2. The lowest BCUT2D eigenvalue weighted by atomic mass is 10.2. The van der Waals surface area contributed by atoms with Crippen LogP contribution in [0.3, 0.4) is 0 Å². The fraction of sp³-hybridized carbons (Fsp3) is 0.333. The van der Waals surface area contributed by atoms with E-state index in [0.29, 0.717) is 0 Å². The topological polar surface area (TPSA) is 52.2 Å². The molecule has 2 aromatic carbocycles. The number of nitrogens with zero attached hydrogens (tertiary/aromatic N) is 3. The summed E-state index contributed by atoms with van der Waals surface area (Å²) < 4.78 is 0. The van der Waals surface area contributed by atoms with Crippen molar-refractivity contribution in [3.63, 3.8) is 0 Å². The predicted octanol–water partition coefficient (Wildman–Crippen LogP) is 3.63. The first-order chi connectivity index (χ1) is 13.2. The first kappa shape index (κ1) is 18.1. The van der Waals surface area contributed by atoms with Gasteiger partial charge in [0.1, 0.15) is 5.82 Å². The van der Waals surface area contributed by atoms with E-state index in [1.54, 1.807) is 11.8 Å². The molecule has 2 heterocycles. The van der Waals surface area contributed by atoms with Gasteiger partial charge in [0, 0.05) is 31.1 Å². The molecule has 1 aliphatic heterocycles. The van der Waals surface area contributed by atoms with Crippen molar-refractivity contribution in [2.45, 2.75) is 18.4 Å². The molecule has 0 aliphatic carbocycles. The number of para-hydroxylation sites is 2. The number of fused-ring (bicyclic) bond motifs is 1. The summed E-state index contributed by atoms with van der Waals surface area (Å²) in [5.41, 5.74) is 2.91. The third-order valence-corrected chi connectivity index (χ3v) is 5.84. The zero-order chi connectivity index (χ0) is 18.6. The number of aromatic nitrogens is 2. The molecule has 1 amide bonds.